The summed E-state index contributed by atoms with van der Waals surface area (Å²) in [6.07, 6.45) is 4.18. The van der Waals surface area contributed by atoms with Crippen molar-refractivity contribution in [3.05, 3.63) is 30.0 Å². The fourth-order valence-electron chi connectivity index (χ4n) is 3.14. The second kappa shape index (κ2) is 5.66. The fourth-order valence-corrected chi connectivity index (χ4v) is 3.14. The number of aromatic nitrogens is 2. The number of hydrogen-bond acceptors (Lipinski definition) is 5. The molecule has 0 amide bonds. The average molecular weight is 281 g/mol. The molecule has 1 aromatic heterocycles. The minimum absolute atomic E-state index is 0.317. The molecule has 0 spiro atoms. The number of nitrogens with two attached hydrogens (primary N) is 1. The lowest BCUT2D eigenvalue weighted by molar-refractivity contribution is 0.385. The molecule has 2 N–H and O–H groups in total. The van der Waals surface area contributed by atoms with E-state index in [1.165, 1.54) is 0 Å². The van der Waals surface area contributed by atoms with E-state index in [0.29, 0.717) is 17.8 Å². The van der Waals surface area contributed by atoms with Crippen molar-refractivity contribution >= 4 is 16.6 Å². The summed E-state index contributed by atoms with van der Waals surface area (Å²) < 4.78 is 0. The van der Waals surface area contributed by atoms with E-state index in [4.69, 9.17) is 5.73 Å². The lowest BCUT2D eigenvalue weighted by atomic mass is 9.90. The van der Waals surface area contributed by atoms with Crippen molar-refractivity contribution in [1.29, 1.82) is 5.26 Å². The third-order valence-corrected chi connectivity index (χ3v) is 4.39. The summed E-state index contributed by atoms with van der Waals surface area (Å²) in [6, 6.07) is 10.7. The topological polar surface area (TPSA) is 78.8 Å². The van der Waals surface area contributed by atoms with E-state index in [9.17, 15) is 5.26 Å². The van der Waals surface area contributed by atoms with Crippen molar-refractivity contribution in [3.8, 4) is 6.07 Å². The zero-order chi connectivity index (χ0) is 14.8. The molecule has 0 bridgehead atoms. The lowest BCUT2D eigenvalue weighted by Gasteiger charge is -2.35. The molecule has 0 unspecified atom stereocenters. The quantitative estimate of drug-likeness (QED) is 0.913. The molecule has 1 heterocycles. The highest BCUT2D eigenvalue weighted by molar-refractivity contribution is 5.93. The van der Waals surface area contributed by atoms with Crippen LogP contribution in [0.3, 0.4) is 0 Å². The van der Waals surface area contributed by atoms with Gasteiger partial charge in [-0.2, -0.15) is 5.26 Å². The molecule has 3 rings (SSSR count). The summed E-state index contributed by atoms with van der Waals surface area (Å²) in [7, 11) is 2.05. The van der Waals surface area contributed by atoms with Crippen molar-refractivity contribution in [3.63, 3.8) is 0 Å². The number of fused-ring (bicyclic) bond motifs is 1. The predicted octanol–water partition coefficient (Wildman–Crippen LogP) is 2.21. The normalized spacial score (nSPS) is 22.0. The minimum Gasteiger partial charge on any atom is -0.369 e. The van der Waals surface area contributed by atoms with Gasteiger partial charge < -0.3 is 10.6 Å². The van der Waals surface area contributed by atoms with Crippen LogP contribution in [-0.2, 0) is 0 Å². The van der Waals surface area contributed by atoms with E-state index in [0.717, 1.165) is 42.3 Å². The van der Waals surface area contributed by atoms with Gasteiger partial charge in [0.15, 0.2) is 5.69 Å². The highest BCUT2D eigenvalue weighted by Crippen LogP contribution is 2.32. The van der Waals surface area contributed by atoms with Crippen LogP contribution in [0.1, 0.15) is 31.4 Å². The van der Waals surface area contributed by atoms with Gasteiger partial charge in [-0.25, -0.2) is 0 Å². The van der Waals surface area contributed by atoms with E-state index >= 15 is 0 Å². The van der Waals surface area contributed by atoms with Crippen LogP contribution in [0.25, 0.3) is 10.9 Å². The van der Waals surface area contributed by atoms with Gasteiger partial charge in [-0.1, -0.05) is 18.2 Å². The molecule has 0 atom stereocenters. The summed E-state index contributed by atoms with van der Waals surface area (Å²) in [6.45, 7) is 0. The van der Waals surface area contributed by atoms with Crippen molar-refractivity contribution in [2.45, 2.75) is 37.8 Å². The Morgan fingerprint density at radius 2 is 1.90 bits per heavy atom. The summed E-state index contributed by atoms with van der Waals surface area (Å²) in [4.78, 5) is 2.20. The van der Waals surface area contributed by atoms with Crippen LogP contribution in [-0.4, -0.2) is 29.3 Å². The Morgan fingerprint density at radius 3 is 2.62 bits per heavy atom. The van der Waals surface area contributed by atoms with Gasteiger partial charge in [0.05, 0.1) is 11.2 Å². The maximum Gasteiger partial charge on any atom is 0.186 e. The summed E-state index contributed by atoms with van der Waals surface area (Å²) >= 11 is 0. The highest BCUT2D eigenvalue weighted by atomic mass is 15.2. The molecule has 0 aliphatic heterocycles. The van der Waals surface area contributed by atoms with Crippen molar-refractivity contribution in [2.24, 2.45) is 5.73 Å². The van der Waals surface area contributed by atoms with Crippen LogP contribution < -0.4 is 10.6 Å². The molecule has 0 saturated heterocycles. The Balaban J connectivity index is 2.04. The zero-order valence-electron chi connectivity index (χ0n) is 12.2. The van der Waals surface area contributed by atoms with Crippen LogP contribution in [0.2, 0.25) is 0 Å². The largest absolute Gasteiger partial charge is 0.369 e. The molecule has 5 nitrogen and oxygen atoms in total. The number of nitriles is 1. The van der Waals surface area contributed by atoms with Gasteiger partial charge in [0.1, 0.15) is 6.07 Å². The Kier molecular flexibility index (Phi) is 3.72. The van der Waals surface area contributed by atoms with Gasteiger partial charge in [0, 0.05) is 24.5 Å². The van der Waals surface area contributed by atoms with Crippen LogP contribution in [0.15, 0.2) is 24.3 Å². The van der Waals surface area contributed by atoms with Gasteiger partial charge in [0.25, 0.3) is 0 Å². The molecule has 1 saturated carbocycles. The first kappa shape index (κ1) is 13.8. The first-order valence-corrected chi connectivity index (χ1v) is 7.34. The minimum atomic E-state index is 0.317. The monoisotopic (exact) mass is 281 g/mol. The molecule has 1 fully saturated rings. The summed E-state index contributed by atoms with van der Waals surface area (Å²) in [5.41, 5.74) is 8.10. The van der Waals surface area contributed by atoms with Crippen molar-refractivity contribution < 1.29 is 0 Å². The molecular formula is C16H19N5. The third-order valence-electron chi connectivity index (χ3n) is 4.39. The van der Waals surface area contributed by atoms with Crippen LogP contribution in [0, 0.1) is 11.3 Å². The second-order valence-corrected chi connectivity index (χ2v) is 5.71. The van der Waals surface area contributed by atoms with Crippen LogP contribution in [0.5, 0.6) is 0 Å². The van der Waals surface area contributed by atoms with Gasteiger partial charge in [-0.15, -0.1) is 10.2 Å². The fraction of sp³-hybridized carbons (Fsp3) is 0.438. The first-order valence-electron chi connectivity index (χ1n) is 7.34. The zero-order valence-corrected chi connectivity index (χ0v) is 12.2. The Labute approximate surface area is 124 Å². The van der Waals surface area contributed by atoms with Crippen LogP contribution in [0.4, 0.5) is 5.69 Å². The van der Waals surface area contributed by atoms with Crippen LogP contribution >= 0.6 is 0 Å². The van der Waals surface area contributed by atoms with Gasteiger partial charge in [-0.3, -0.25) is 0 Å². The second-order valence-electron chi connectivity index (χ2n) is 5.71. The van der Waals surface area contributed by atoms with E-state index in [-0.39, 0.29) is 0 Å². The molecule has 21 heavy (non-hydrogen) atoms. The van der Waals surface area contributed by atoms with Gasteiger partial charge in [-0.05, 0) is 31.7 Å². The van der Waals surface area contributed by atoms with Crippen molar-refractivity contribution in [2.75, 3.05) is 11.9 Å². The third kappa shape index (κ3) is 2.55. The summed E-state index contributed by atoms with van der Waals surface area (Å²) in [5.74, 6) is 0. The Hall–Kier alpha value is -2.19. The SMILES string of the molecule is CN(c1c(C#N)nnc2ccccc12)C1CCC(N)CC1. The maximum atomic E-state index is 9.37. The lowest BCUT2D eigenvalue weighted by Crippen LogP contribution is -2.39. The predicted molar refractivity (Wildman–Crippen MR) is 82.9 cm³/mol. The molecular weight excluding hydrogens is 262 g/mol. The van der Waals surface area contributed by atoms with Gasteiger partial charge in [0.2, 0.25) is 0 Å². The molecule has 1 aliphatic rings. The molecule has 1 aromatic carbocycles. The number of benzene rings is 1. The smallest absolute Gasteiger partial charge is 0.186 e. The molecule has 5 heteroatoms. The van der Waals surface area contributed by atoms with E-state index in [2.05, 4.69) is 21.2 Å². The number of anilines is 1. The number of nitrogens with zero attached hydrogens (tertiary/aromatic N) is 4. The Morgan fingerprint density at radius 1 is 1.19 bits per heavy atom. The van der Waals surface area contributed by atoms with E-state index < -0.39 is 0 Å². The molecule has 2 aromatic rings. The standard InChI is InChI=1S/C16H19N5/c1-21(12-8-6-11(18)7-9-12)16-13-4-2-3-5-14(13)19-20-15(16)10-17/h2-5,11-12H,6-9,18H2,1H3. The first-order chi connectivity index (χ1) is 10.2. The molecule has 0 radical (unpaired) electrons. The number of hydrogen-bond donors (Lipinski definition) is 1. The Bertz CT molecular complexity index is 683. The maximum absolute atomic E-state index is 9.37. The van der Waals surface area contributed by atoms with Gasteiger partial charge >= 0.3 is 0 Å². The van der Waals surface area contributed by atoms with E-state index in [1.807, 2.05) is 31.3 Å². The summed E-state index contributed by atoms with van der Waals surface area (Å²) in [5, 5.41) is 18.6. The van der Waals surface area contributed by atoms with E-state index in [1.54, 1.807) is 0 Å². The number of rotatable bonds is 2. The highest BCUT2D eigenvalue weighted by Gasteiger charge is 2.25. The molecule has 108 valence electrons. The molecule has 1 aliphatic carbocycles. The average Bonchev–Trinajstić information content (AvgIpc) is 2.53. The van der Waals surface area contributed by atoms with Crippen molar-refractivity contribution in [1.82, 2.24) is 10.2 Å².